The maximum Gasteiger partial charge on any atom is 0.174 e. The van der Waals surface area contributed by atoms with Crippen molar-refractivity contribution in [2.24, 2.45) is 5.92 Å². The van der Waals surface area contributed by atoms with Crippen LogP contribution in [0.5, 0.6) is 0 Å². The first-order valence-electron chi connectivity index (χ1n) is 6.45. The van der Waals surface area contributed by atoms with E-state index in [1.54, 1.807) is 0 Å². The highest BCUT2D eigenvalue weighted by atomic mass is 32.1. The molecule has 0 unspecified atom stereocenters. The van der Waals surface area contributed by atoms with Crippen molar-refractivity contribution in [1.29, 1.82) is 0 Å². The van der Waals surface area contributed by atoms with E-state index in [1.807, 2.05) is 18.3 Å². The van der Waals surface area contributed by atoms with Crippen LogP contribution in [0.4, 0.5) is 4.39 Å². The third-order valence-corrected chi connectivity index (χ3v) is 3.83. The van der Waals surface area contributed by atoms with Gasteiger partial charge in [0.15, 0.2) is 4.77 Å². The molecule has 98 valence electrons. The number of allylic oxidation sites excluding steroid dienone is 2. The van der Waals surface area contributed by atoms with Crippen LogP contribution in [-0.4, -0.2) is 9.97 Å². The van der Waals surface area contributed by atoms with E-state index in [9.17, 15) is 4.39 Å². The van der Waals surface area contributed by atoms with Gasteiger partial charge in [-0.1, -0.05) is 18.2 Å². The number of aromatic amines is 2. The topological polar surface area (TPSA) is 31.6 Å². The van der Waals surface area contributed by atoms with Gasteiger partial charge < -0.3 is 9.97 Å². The van der Waals surface area contributed by atoms with Crippen molar-refractivity contribution in [2.45, 2.75) is 19.3 Å². The summed E-state index contributed by atoms with van der Waals surface area (Å²) in [5.74, 6) is 0.292. The lowest BCUT2D eigenvalue weighted by atomic mass is 9.91. The van der Waals surface area contributed by atoms with E-state index in [-0.39, 0.29) is 5.82 Å². The molecule has 0 bridgehead atoms. The zero-order valence-electron chi connectivity index (χ0n) is 10.4. The summed E-state index contributed by atoms with van der Waals surface area (Å²) in [6, 6.07) is 6.77. The molecule has 1 aromatic carbocycles. The van der Waals surface area contributed by atoms with Crippen LogP contribution in [-0.2, 0) is 6.42 Å². The number of aromatic nitrogens is 2. The third-order valence-electron chi connectivity index (χ3n) is 3.61. The number of imidazole rings is 1. The number of benzene rings is 1. The van der Waals surface area contributed by atoms with Crippen LogP contribution < -0.4 is 0 Å². The van der Waals surface area contributed by atoms with Crippen molar-refractivity contribution in [2.75, 3.05) is 0 Å². The molecule has 19 heavy (non-hydrogen) atoms. The SMILES string of the molecule is Fc1ccc(C2=CCC[C@@H]2Cc2c[nH]c(=S)[nH]2)cc1. The molecule has 0 aliphatic heterocycles. The van der Waals surface area contributed by atoms with Gasteiger partial charge in [0, 0.05) is 11.9 Å². The molecule has 2 aromatic rings. The fourth-order valence-electron chi connectivity index (χ4n) is 2.72. The van der Waals surface area contributed by atoms with Crippen LogP contribution in [0, 0.1) is 16.5 Å². The van der Waals surface area contributed by atoms with Gasteiger partial charge >= 0.3 is 0 Å². The Morgan fingerprint density at radius 1 is 1.26 bits per heavy atom. The Bertz CT molecular complexity index is 651. The smallest absolute Gasteiger partial charge is 0.174 e. The van der Waals surface area contributed by atoms with Crippen LogP contribution in [0.3, 0.4) is 0 Å². The maximum atomic E-state index is 13.0. The average molecular weight is 274 g/mol. The second-order valence-corrected chi connectivity index (χ2v) is 5.32. The third kappa shape index (κ3) is 2.68. The number of halogens is 1. The number of nitrogens with one attached hydrogen (secondary N) is 2. The van der Waals surface area contributed by atoms with E-state index in [0.29, 0.717) is 10.7 Å². The molecule has 1 atom stereocenters. The van der Waals surface area contributed by atoms with Crippen molar-refractivity contribution in [3.63, 3.8) is 0 Å². The summed E-state index contributed by atoms with van der Waals surface area (Å²) in [5.41, 5.74) is 3.57. The Labute approximate surface area is 116 Å². The monoisotopic (exact) mass is 274 g/mol. The zero-order valence-corrected chi connectivity index (χ0v) is 11.3. The Hall–Kier alpha value is -1.68. The maximum absolute atomic E-state index is 13.0. The second-order valence-electron chi connectivity index (χ2n) is 4.91. The highest BCUT2D eigenvalue weighted by Crippen LogP contribution is 2.35. The minimum atomic E-state index is -0.186. The van der Waals surface area contributed by atoms with E-state index in [0.717, 1.165) is 30.5 Å². The summed E-state index contributed by atoms with van der Waals surface area (Å²) in [4.78, 5) is 6.15. The minimum Gasteiger partial charge on any atom is -0.337 e. The molecule has 1 aromatic heterocycles. The number of rotatable bonds is 3. The van der Waals surface area contributed by atoms with Crippen molar-refractivity contribution in [3.8, 4) is 0 Å². The molecule has 1 aliphatic carbocycles. The average Bonchev–Trinajstić information content (AvgIpc) is 3.00. The lowest BCUT2D eigenvalue weighted by Gasteiger charge is -2.14. The molecule has 0 fully saturated rings. The summed E-state index contributed by atoms with van der Waals surface area (Å²) in [6.45, 7) is 0. The summed E-state index contributed by atoms with van der Waals surface area (Å²) in [7, 11) is 0. The summed E-state index contributed by atoms with van der Waals surface area (Å²) in [6.07, 6.45) is 7.36. The number of H-pyrrole nitrogens is 2. The van der Waals surface area contributed by atoms with Crippen LogP contribution >= 0.6 is 12.2 Å². The first-order chi connectivity index (χ1) is 9.22. The molecule has 3 rings (SSSR count). The fourth-order valence-corrected chi connectivity index (χ4v) is 2.91. The Morgan fingerprint density at radius 2 is 2.05 bits per heavy atom. The normalized spacial score (nSPS) is 18.6. The Kier molecular flexibility index (Phi) is 3.34. The van der Waals surface area contributed by atoms with E-state index in [4.69, 9.17) is 12.2 Å². The van der Waals surface area contributed by atoms with Crippen LogP contribution in [0.1, 0.15) is 24.1 Å². The molecule has 0 saturated heterocycles. The Morgan fingerprint density at radius 3 is 2.74 bits per heavy atom. The molecule has 0 saturated carbocycles. The highest BCUT2D eigenvalue weighted by molar-refractivity contribution is 7.71. The van der Waals surface area contributed by atoms with Gasteiger partial charge in [0.25, 0.3) is 0 Å². The second kappa shape index (κ2) is 5.13. The van der Waals surface area contributed by atoms with Gasteiger partial charge in [-0.3, -0.25) is 0 Å². The molecule has 0 radical (unpaired) electrons. The number of hydrogen-bond donors (Lipinski definition) is 2. The lowest BCUT2D eigenvalue weighted by Crippen LogP contribution is -2.03. The van der Waals surface area contributed by atoms with Crippen LogP contribution in [0.15, 0.2) is 36.5 Å². The summed E-state index contributed by atoms with van der Waals surface area (Å²) >= 11 is 5.04. The molecule has 4 heteroatoms. The van der Waals surface area contributed by atoms with Crippen molar-refractivity contribution < 1.29 is 4.39 Å². The quantitative estimate of drug-likeness (QED) is 0.806. The largest absolute Gasteiger partial charge is 0.337 e. The van der Waals surface area contributed by atoms with E-state index >= 15 is 0 Å². The molecular weight excluding hydrogens is 259 g/mol. The lowest BCUT2D eigenvalue weighted by molar-refractivity contribution is 0.625. The van der Waals surface area contributed by atoms with Gasteiger partial charge in [-0.25, -0.2) is 4.39 Å². The van der Waals surface area contributed by atoms with E-state index < -0.39 is 0 Å². The van der Waals surface area contributed by atoms with E-state index in [2.05, 4.69) is 16.0 Å². The summed E-state index contributed by atoms with van der Waals surface area (Å²) < 4.78 is 13.6. The summed E-state index contributed by atoms with van der Waals surface area (Å²) in [5, 5.41) is 0. The number of hydrogen-bond acceptors (Lipinski definition) is 1. The van der Waals surface area contributed by atoms with Crippen molar-refractivity contribution in [3.05, 3.63) is 58.4 Å². The first kappa shape index (κ1) is 12.4. The molecule has 2 nitrogen and oxygen atoms in total. The van der Waals surface area contributed by atoms with Gasteiger partial charge in [0.2, 0.25) is 0 Å². The van der Waals surface area contributed by atoms with Crippen molar-refractivity contribution >= 4 is 17.8 Å². The van der Waals surface area contributed by atoms with Gasteiger partial charge in [-0.15, -0.1) is 0 Å². The zero-order chi connectivity index (χ0) is 13.2. The molecule has 2 N–H and O–H groups in total. The molecule has 1 aliphatic rings. The molecule has 0 spiro atoms. The minimum absolute atomic E-state index is 0.186. The first-order valence-corrected chi connectivity index (χ1v) is 6.86. The standard InChI is InChI=1S/C15H15FN2S/c16-12-6-4-10(5-7-12)14-3-1-2-11(14)8-13-9-17-15(19)18-13/h3-7,9,11H,1-2,8H2,(H2,17,18,19)/t11-/m1/s1. The van der Waals surface area contributed by atoms with E-state index in [1.165, 1.54) is 17.7 Å². The highest BCUT2D eigenvalue weighted by Gasteiger charge is 2.21. The van der Waals surface area contributed by atoms with Gasteiger partial charge in [0.05, 0.1) is 0 Å². The molecular formula is C15H15FN2S. The molecule has 1 heterocycles. The van der Waals surface area contributed by atoms with Crippen LogP contribution in [0.25, 0.3) is 5.57 Å². The fraction of sp³-hybridized carbons (Fsp3) is 0.267. The predicted octanol–water partition coefficient (Wildman–Crippen LogP) is 4.25. The van der Waals surface area contributed by atoms with Crippen LogP contribution in [0.2, 0.25) is 0 Å². The van der Waals surface area contributed by atoms with Gasteiger partial charge in [0.1, 0.15) is 5.82 Å². The van der Waals surface area contributed by atoms with Gasteiger partial charge in [-0.2, -0.15) is 0 Å². The molecule has 0 amide bonds. The Balaban J connectivity index is 1.81. The predicted molar refractivity (Wildman–Crippen MR) is 76.8 cm³/mol. The van der Waals surface area contributed by atoms with Gasteiger partial charge in [-0.05, 0) is 60.7 Å². The van der Waals surface area contributed by atoms with Crippen molar-refractivity contribution in [1.82, 2.24) is 9.97 Å².